The average molecular weight is 365 g/mol. The van der Waals surface area contributed by atoms with Crippen LogP contribution < -0.4 is 5.30 Å². The minimum Gasteiger partial charge on any atom is -0.256 e. The van der Waals surface area contributed by atoms with Crippen LogP contribution in [0.4, 0.5) is 0 Å². The lowest BCUT2D eigenvalue weighted by Gasteiger charge is -2.58. The third kappa shape index (κ3) is 5.78. The van der Waals surface area contributed by atoms with Crippen LogP contribution in [0.1, 0.15) is 83.1 Å². The first kappa shape index (κ1) is 22.6. The zero-order chi connectivity index (χ0) is 19.8. The van der Waals surface area contributed by atoms with Gasteiger partial charge in [0, 0.05) is 27.5 Å². The van der Waals surface area contributed by atoms with Crippen LogP contribution in [-0.2, 0) is 0 Å². The summed E-state index contributed by atoms with van der Waals surface area (Å²) in [5.74, 6) is 0. The molecule has 1 aromatic rings. The van der Waals surface area contributed by atoms with Gasteiger partial charge in [0.15, 0.2) is 0 Å². The molecule has 0 aliphatic rings. The molecule has 0 N–H and O–H groups in total. The Hall–Kier alpha value is -0.430. The summed E-state index contributed by atoms with van der Waals surface area (Å²) in [7, 11) is -0.668. The van der Waals surface area contributed by atoms with Gasteiger partial charge in [-0.2, -0.15) is 0 Å². The standard InChI is InChI=1S/C22H41N2P/c1-19(2,3)23(20(4,5)6)25(18-16-14-13-15-17-18)24(21(7,8)9)22(10,11)12/h13-17H,1-12H3. The molecule has 144 valence electrons. The highest BCUT2D eigenvalue weighted by Crippen LogP contribution is 2.57. The molecule has 2 nitrogen and oxygen atoms in total. The molecule has 0 unspecified atom stereocenters. The van der Waals surface area contributed by atoms with Gasteiger partial charge in [0.05, 0.1) is 8.22 Å². The van der Waals surface area contributed by atoms with Crippen LogP contribution in [0.15, 0.2) is 30.3 Å². The van der Waals surface area contributed by atoms with E-state index in [2.05, 4.69) is 123 Å². The molecule has 0 bridgehead atoms. The highest BCUT2D eigenvalue weighted by molar-refractivity contribution is 7.61. The van der Waals surface area contributed by atoms with Crippen molar-refractivity contribution in [1.82, 2.24) is 9.34 Å². The number of nitrogens with zero attached hydrogens (tertiary/aromatic N) is 2. The Labute approximate surface area is 158 Å². The van der Waals surface area contributed by atoms with Crippen molar-refractivity contribution in [3.05, 3.63) is 30.3 Å². The molecule has 0 amide bonds. The van der Waals surface area contributed by atoms with Gasteiger partial charge in [-0.15, -0.1) is 0 Å². The van der Waals surface area contributed by atoms with E-state index in [9.17, 15) is 0 Å². The van der Waals surface area contributed by atoms with E-state index in [4.69, 9.17) is 0 Å². The van der Waals surface area contributed by atoms with Crippen molar-refractivity contribution < 1.29 is 0 Å². The Morgan fingerprint density at radius 2 is 0.800 bits per heavy atom. The monoisotopic (exact) mass is 364 g/mol. The summed E-state index contributed by atoms with van der Waals surface area (Å²) in [6, 6.07) is 11.1. The van der Waals surface area contributed by atoms with Gasteiger partial charge in [-0.05, 0) is 83.1 Å². The van der Waals surface area contributed by atoms with Crippen LogP contribution in [0.2, 0.25) is 0 Å². The second-order valence-electron chi connectivity index (χ2n) is 10.9. The first-order valence-electron chi connectivity index (χ1n) is 9.43. The number of hydrogen-bond acceptors (Lipinski definition) is 2. The first-order chi connectivity index (χ1) is 11.0. The van der Waals surface area contributed by atoms with Crippen LogP contribution in [0, 0.1) is 0 Å². The zero-order valence-corrected chi connectivity index (χ0v) is 19.6. The molecule has 0 heterocycles. The minimum atomic E-state index is -0.668. The number of hydrogen-bond donors (Lipinski definition) is 0. The Bertz CT molecular complexity index is 479. The number of benzene rings is 1. The van der Waals surface area contributed by atoms with Gasteiger partial charge in [0.2, 0.25) is 0 Å². The normalized spacial score (nSPS) is 14.7. The zero-order valence-electron chi connectivity index (χ0n) is 18.7. The van der Waals surface area contributed by atoms with E-state index in [0.29, 0.717) is 0 Å². The van der Waals surface area contributed by atoms with Gasteiger partial charge in [-0.1, -0.05) is 30.3 Å². The van der Waals surface area contributed by atoms with Crippen molar-refractivity contribution in [2.24, 2.45) is 0 Å². The van der Waals surface area contributed by atoms with E-state index < -0.39 is 8.22 Å². The summed E-state index contributed by atoms with van der Waals surface area (Å²) >= 11 is 0. The largest absolute Gasteiger partial charge is 0.256 e. The molecule has 0 saturated carbocycles. The highest BCUT2D eigenvalue weighted by Gasteiger charge is 2.47. The molecule has 0 fully saturated rings. The summed E-state index contributed by atoms with van der Waals surface area (Å²) in [4.78, 5) is 0. The van der Waals surface area contributed by atoms with Crippen LogP contribution in [-0.4, -0.2) is 31.5 Å². The number of rotatable bonds is 3. The van der Waals surface area contributed by atoms with Crippen molar-refractivity contribution in [3.8, 4) is 0 Å². The maximum absolute atomic E-state index is 2.74. The van der Waals surface area contributed by atoms with Crippen molar-refractivity contribution in [1.29, 1.82) is 0 Å². The highest BCUT2D eigenvalue weighted by atomic mass is 31.1. The van der Waals surface area contributed by atoms with Gasteiger partial charge in [-0.3, -0.25) is 9.34 Å². The van der Waals surface area contributed by atoms with Crippen molar-refractivity contribution in [3.63, 3.8) is 0 Å². The SMILES string of the molecule is CC(C)(C)N(P(c1ccccc1)N(C(C)(C)C)C(C)(C)C)C(C)(C)C. The lowest BCUT2D eigenvalue weighted by atomic mass is 10.0. The Morgan fingerprint density at radius 1 is 0.520 bits per heavy atom. The average Bonchev–Trinajstić information content (AvgIpc) is 2.32. The molecule has 0 radical (unpaired) electrons. The van der Waals surface area contributed by atoms with Gasteiger partial charge in [-0.25, -0.2) is 0 Å². The fourth-order valence-corrected chi connectivity index (χ4v) is 7.38. The molecule has 0 spiro atoms. The fraction of sp³-hybridized carbons (Fsp3) is 0.727. The molecule has 0 atom stereocenters. The molecule has 25 heavy (non-hydrogen) atoms. The van der Waals surface area contributed by atoms with Crippen LogP contribution in [0.3, 0.4) is 0 Å². The predicted molar refractivity (Wildman–Crippen MR) is 116 cm³/mol. The van der Waals surface area contributed by atoms with Crippen molar-refractivity contribution in [2.75, 3.05) is 0 Å². The maximum atomic E-state index is 2.74. The van der Waals surface area contributed by atoms with Crippen LogP contribution in [0.5, 0.6) is 0 Å². The molecule has 0 aromatic heterocycles. The van der Waals surface area contributed by atoms with Gasteiger partial charge < -0.3 is 0 Å². The van der Waals surface area contributed by atoms with E-state index in [1.807, 2.05) is 0 Å². The molecular formula is C22H41N2P. The topological polar surface area (TPSA) is 6.48 Å². The molecule has 1 rings (SSSR count). The minimum absolute atomic E-state index is 0.0640. The van der Waals surface area contributed by atoms with Crippen molar-refractivity contribution in [2.45, 2.75) is 105 Å². The van der Waals surface area contributed by atoms with Crippen molar-refractivity contribution >= 4 is 13.5 Å². The molecular weight excluding hydrogens is 323 g/mol. The molecule has 0 saturated heterocycles. The third-order valence-corrected chi connectivity index (χ3v) is 7.83. The van der Waals surface area contributed by atoms with E-state index in [-0.39, 0.29) is 22.2 Å². The lowest BCUT2D eigenvalue weighted by Crippen LogP contribution is -2.59. The van der Waals surface area contributed by atoms with E-state index in [0.717, 1.165) is 0 Å². The smallest absolute Gasteiger partial charge is 0.0744 e. The Kier molecular flexibility index (Phi) is 6.60. The van der Waals surface area contributed by atoms with E-state index in [1.165, 1.54) is 5.30 Å². The first-order valence-corrected chi connectivity index (χ1v) is 10.7. The summed E-state index contributed by atoms with van der Waals surface area (Å²) in [6.07, 6.45) is 0. The third-order valence-electron chi connectivity index (χ3n) is 3.91. The van der Waals surface area contributed by atoms with Crippen LogP contribution in [0.25, 0.3) is 0 Å². The predicted octanol–water partition coefficient (Wildman–Crippen LogP) is 6.42. The maximum Gasteiger partial charge on any atom is 0.0744 e. The van der Waals surface area contributed by atoms with Crippen LogP contribution >= 0.6 is 8.22 Å². The molecule has 0 aliphatic heterocycles. The van der Waals surface area contributed by atoms with E-state index >= 15 is 0 Å². The molecule has 3 heteroatoms. The second kappa shape index (κ2) is 7.29. The van der Waals surface area contributed by atoms with Gasteiger partial charge in [0.1, 0.15) is 0 Å². The molecule has 0 aliphatic carbocycles. The lowest BCUT2D eigenvalue weighted by molar-refractivity contribution is 0.0973. The van der Waals surface area contributed by atoms with Gasteiger partial charge in [0.25, 0.3) is 0 Å². The Balaban J connectivity index is 3.75. The summed E-state index contributed by atoms with van der Waals surface area (Å²) in [5, 5.41) is 1.42. The van der Waals surface area contributed by atoms with E-state index in [1.54, 1.807) is 0 Å². The summed E-state index contributed by atoms with van der Waals surface area (Å²) < 4.78 is 5.47. The summed E-state index contributed by atoms with van der Waals surface area (Å²) in [6.45, 7) is 28.2. The fourth-order valence-electron chi connectivity index (χ4n) is 4.03. The quantitative estimate of drug-likeness (QED) is 0.571. The second-order valence-corrected chi connectivity index (χ2v) is 12.8. The molecule has 1 aromatic carbocycles. The van der Waals surface area contributed by atoms with Gasteiger partial charge >= 0.3 is 0 Å². The summed E-state index contributed by atoms with van der Waals surface area (Å²) in [5.41, 5.74) is 0.256. The Morgan fingerprint density at radius 3 is 1.04 bits per heavy atom.